The maximum absolute atomic E-state index is 5.75. The van der Waals surface area contributed by atoms with Gasteiger partial charge in [-0.05, 0) is 33.2 Å². The molecular weight excluding hydrogens is 280 g/mol. The van der Waals surface area contributed by atoms with Crippen LogP contribution in [0.4, 0.5) is 0 Å². The molecule has 0 spiro atoms. The fraction of sp³-hybridized carbons (Fsp3) is 0.562. The van der Waals surface area contributed by atoms with E-state index in [4.69, 9.17) is 9.26 Å². The van der Waals surface area contributed by atoms with Gasteiger partial charge < -0.3 is 9.26 Å². The van der Waals surface area contributed by atoms with E-state index in [2.05, 4.69) is 20.0 Å². The summed E-state index contributed by atoms with van der Waals surface area (Å²) in [6.07, 6.45) is 7.35. The van der Waals surface area contributed by atoms with Gasteiger partial charge in [0.05, 0.1) is 18.5 Å². The second kappa shape index (κ2) is 6.87. The number of piperidine rings is 1. The number of likely N-dealkylation sites (tertiary alicyclic amines) is 1. The molecule has 0 amide bonds. The Bertz CT molecular complexity index is 580. The number of hydrogen-bond donors (Lipinski definition) is 0. The minimum absolute atomic E-state index is 0.524. The molecule has 1 aliphatic heterocycles. The van der Waals surface area contributed by atoms with Gasteiger partial charge in [-0.3, -0.25) is 9.88 Å². The van der Waals surface area contributed by atoms with Gasteiger partial charge in [0.25, 0.3) is 0 Å². The van der Waals surface area contributed by atoms with Gasteiger partial charge in [0.15, 0.2) is 0 Å². The van der Waals surface area contributed by atoms with Crippen molar-refractivity contribution in [3.8, 4) is 5.88 Å². The first kappa shape index (κ1) is 15.0. The quantitative estimate of drug-likeness (QED) is 0.845. The van der Waals surface area contributed by atoms with Crippen molar-refractivity contribution in [2.24, 2.45) is 5.92 Å². The molecule has 0 bridgehead atoms. The summed E-state index contributed by atoms with van der Waals surface area (Å²) in [5.74, 6) is 2.05. The summed E-state index contributed by atoms with van der Waals surface area (Å²) in [4.78, 5) is 10.6. The summed E-state index contributed by atoms with van der Waals surface area (Å²) in [6.45, 7) is 7.73. The first-order valence-corrected chi connectivity index (χ1v) is 7.75. The van der Waals surface area contributed by atoms with E-state index in [1.54, 1.807) is 18.6 Å². The highest BCUT2D eigenvalue weighted by atomic mass is 16.5. The van der Waals surface area contributed by atoms with Gasteiger partial charge in [-0.25, -0.2) is 4.98 Å². The van der Waals surface area contributed by atoms with E-state index in [1.165, 1.54) is 18.4 Å². The summed E-state index contributed by atoms with van der Waals surface area (Å²) < 4.78 is 11.0. The molecule has 0 radical (unpaired) electrons. The number of rotatable bonds is 5. The van der Waals surface area contributed by atoms with Crippen LogP contribution in [-0.4, -0.2) is 39.7 Å². The van der Waals surface area contributed by atoms with Crippen LogP contribution >= 0.6 is 0 Å². The Labute approximate surface area is 130 Å². The first-order valence-electron chi connectivity index (χ1n) is 7.75. The predicted molar refractivity (Wildman–Crippen MR) is 81.5 cm³/mol. The summed E-state index contributed by atoms with van der Waals surface area (Å²) in [5, 5.41) is 4.04. The van der Waals surface area contributed by atoms with Gasteiger partial charge >= 0.3 is 0 Å². The highest BCUT2D eigenvalue weighted by Crippen LogP contribution is 2.22. The molecule has 1 atom stereocenters. The van der Waals surface area contributed by atoms with Crippen LogP contribution in [0.5, 0.6) is 5.88 Å². The van der Waals surface area contributed by atoms with Crippen LogP contribution in [0.2, 0.25) is 0 Å². The van der Waals surface area contributed by atoms with Crippen molar-refractivity contribution in [3.63, 3.8) is 0 Å². The summed E-state index contributed by atoms with van der Waals surface area (Å²) in [6, 6.07) is 0. The number of nitrogens with zero attached hydrogens (tertiary/aromatic N) is 4. The number of aryl methyl sites for hydroxylation is 2. The van der Waals surface area contributed by atoms with E-state index in [0.29, 0.717) is 18.4 Å². The summed E-state index contributed by atoms with van der Waals surface area (Å²) in [7, 11) is 0. The Morgan fingerprint density at radius 2 is 2.27 bits per heavy atom. The van der Waals surface area contributed by atoms with E-state index in [1.807, 2.05) is 13.8 Å². The predicted octanol–water partition coefficient (Wildman–Crippen LogP) is 2.37. The molecule has 6 nitrogen and oxygen atoms in total. The monoisotopic (exact) mass is 302 g/mol. The topological polar surface area (TPSA) is 64.3 Å². The Morgan fingerprint density at radius 3 is 3.00 bits per heavy atom. The van der Waals surface area contributed by atoms with Crippen molar-refractivity contribution >= 4 is 0 Å². The van der Waals surface area contributed by atoms with Crippen LogP contribution in [0.1, 0.15) is 29.9 Å². The van der Waals surface area contributed by atoms with E-state index in [-0.39, 0.29) is 0 Å². The number of aromatic nitrogens is 3. The average molecular weight is 302 g/mol. The molecule has 2 aromatic heterocycles. The maximum Gasteiger partial charge on any atom is 0.232 e. The second-order valence-corrected chi connectivity index (χ2v) is 5.90. The lowest BCUT2D eigenvalue weighted by atomic mass is 9.98. The van der Waals surface area contributed by atoms with Gasteiger partial charge in [0.2, 0.25) is 5.88 Å². The molecule has 0 saturated carbocycles. The normalized spacial score (nSPS) is 19.3. The van der Waals surface area contributed by atoms with Crippen molar-refractivity contribution in [1.82, 2.24) is 20.0 Å². The van der Waals surface area contributed by atoms with Crippen LogP contribution in [0.25, 0.3) is 0 Å². The van der Waals surface area contributed by atoms with Crippen molar-refractivity contribution in [2.45, 2.75) is 33.2 Å². The van der Waals surface area contributed by atoms with Crippen molar-refractivity contribution < 1.29 is 9.26 Å². The molecule has 118 valence electrons. The zero-order valence-corrected chi connectivity index (χ0v) is 13.2. The van der Waals surface area contributed by atoms with E-state index >= 15 is 0 Å². The van der Waals surface area contributed by atoms with E-state index in [0.717, 1.165) is 31.1 Å². The molecule has 6 heteroatoms. The maximum atomic E-state index is 5.75. The third kappa shape index (κ3) is 3.62. The van der Waals surface area contributed by atoms with Crippen LogP contribution < -0.4 is 4.74 Å². The molecule has 1 saturated heterocycles. The molecule has 3 heterocycles. The van der Waals surface area contributed by atoms with Gasteiger partial charge in [-0.15, -0.1) is 0 Å². The third-order valence-electron chi connectivity index (χ3n) is 4.17. The fourth-order valence-electron chi connectivity index (χ4n) is 2.95. The van der Waals surface area contributed by atoms with Crippen molar-refractivity contribution in [3.05, 3.63) is 35.6 Å². The van der Waals surface area contributed by atoms with Crippen LogP contribution in [0.15, 0.2) is 23.1 Å². The zero-order chi connectivity index (χ0) is 15.4. The largest absolute Gasteiger partial charge is 0.476 e. The van der Waals surface area contributed by atoms with Gasteiger partial charge in [0, 0.05) is 37.0 Å². The molecule has 1 unspecified atom stereocenters. The molecule has 0 aliphatic carbocycles. The molecule has 0 N–H and O–H groups in total. The Hall–Kier alpha value is -1.95. The summed E-state index contributed by atoms with van der Waals surface area (Å²) >= 11 is 0. The number of ether oxygens (including phenoxy) is 1. The molecular formula is C16H22N4O2. The molecule has 0 aromatic carbocycles. The molecule has 1 aliphatic rings. The van der Waals surface area contributed by atoms with Crippen molar-refractivity contribution in [1.29, 1.82) is 0 Å². The number of hydrogen-bond acceptors (Lipinski definition) is 6. The standard InChI is InChI=1S/C16H22N4O2/c1-12-15(13(2)22-19-12)10-20-7-3-4-14(9-20)11-21-16-8-17-5-6-18-16/h5-6,8,14H,3-4,7,9-11H2,1-2H3. The van der Waals surface area contributed by atoms with Gasteiger partial charge in [0.1, 0.15) is 5.76 Å². The first-order chi connectivity index (χ1) is 10.7. The minimum Gasteiger partial charge on any atom is -0.476 e. The Kier molecular flexibility index (Phi) is 4.68. The van der Waals surface area contributed by atoms with Gasteiger partial charge in [-0.2, -0.15) is 0 Å². The van der Waals surface area contributed by atoms with Crippen LogP contribution in [0, 0.1) is 19.8 Å². The lowest BCUT2D eigenvalue weighted by Crippen LogP contribution is -2.37. The van der Waals surface area contributed by atoms with Crippen LogP contribution in [-0.2, 0) is 6.54 Å². The molecule has 3 rings (SSSR count). The molecule has 1 fully saturated rings. The Balaban J connectivity index is 1.53. The molecule has 2 aromatic rings. The average Bonchev–Trinajstić information content (AvgIpc) is 2.86. The Morgan fingerprint density at radius 1 is 1.36 bits per heavy atom. The van der Waals surface area contributed by atoms with Crippen molar-refractivity contribution in [2.75, 3.05) is 19.7 Å². The lowest BCUT2D eigenvalue weighted by molar-refractivity contribution is 0.122. The van der Waals surface area contributed by atoms with Crippen LogP contribution in [0.3, 0.4) is 0 Å². The summed E-state index contributed by atoms with van der Waals surface area (Å²) in [5.41, 5.74) is 2.21. The zero-order valence-electron chi connectivity index (χ0n) is 13.2. The SMILES string of the molecule is Cc1noc(C)c1CN1CCCC(COc2cnccn2)C1. The van der Waals surface area contributed by atoms with E-state index < -0.39 is 0 Å². The highest BCUT2D eigenvalue weighted by Gasteiger charge is 2.22. The second-order valence-electron chi connectivity index (χ2n) is 5.90. The minimum atomic E-state index is 0.524. The fourth-order valence-corrected chi connectivity index (χ4v) is 2.95. The highest BCUT2D eigenvalue weighted by molar-refractivity contribution is 5.20. The smallest absolute Gasteiger partial charge is 0.232 e. The lowest BCUT2D eigenvalue weighted by Gasteiger charge is -2.32. The molecule has 22 heavy (non-hydrogen) atoms. The van der Waals surface area contributed by atoms with E-state index in [9.17, 15) is 0 Å². The third-order valence-corrected chi connectivity index (χ3v) is 4.17. The van der Waals surface area contributed by atoms with Gasteiger partial charge in [-0.1, -0.05) is 5.16 Å².